The maximum Gasteiger partial charge on any atom is 0.217 e. The molecule has 0 N–H and O–H groups in total. The van der Waals surface area contributed by atoms with Crippen LogP contribution in [0.1, 0.15) is 49.8 Å². The molecule has 1 spiro atoms. The van der Waals surface area contributed by atoms with E-state index in [1.807, 2.05) is 11.0 Å². The molecule has 1 saturated carbocycles. The first-order valence-electron chi connectivity index (χ1n) is 9.23. The molecule has 1 aromatic heterocycles. The van der Waals surface area contributed by atoms with Crippen molar-refractivity contribution in [3.63, 3.8) is 0 Å². The number of rotatable bonds is 3. The minimum Gasteiger partial charge on any atom is -0.296 e. The molecule has 3 atom stereocenters. The van der Waals surface area contributed by atoms with E-state index < -0.39 is 17.5 Å². The molecule has 0 aromatic carbocycles. The monoisotopic (exact) mass is 343 g/mol. The Hall–Kier alpha value is -1.80. The van der Waals surface area contributed by atoms with Crippen LogP contribution >= 0.6 is 0 Å². The smallest absolute Gasteiger partial charge is 0.217 e. The quantitative estimate of drug-likeness (QED) is 0.770. The van der Waals surface area contributed by atoms with Gasteiger partial charge in [0.05, 0.1) is 17.7 Å². The topological polar surface area (TPSA) is 39.9 Å². The van der Waals surface area contributed by atoms with Crippen LogP contribution in [0.4, 0.5) is 8.78 Å². The molecule has 0 bridgehead atoms. The summed E-state index contributed by atoms with van der Waals surface area (Å²) in [7, 11) is 0. The third-order valence-corrected chi connectivity index (χ3v) is 6.15. The lowest BCUT2D eigenvalue weighted by molar-refractivity contribution is 0.0605. The van der Waals surface area contributed by atoms with Gasteiger partial charge in [-0.3, -0.25) is 4.90 Å². The van der Waals surface area contributed by atoms with Crippen molar-refractivity contribution in [2.75, 3.05) is 13.1 Å². The van der Waals surface area contributed by atoms with E-state index >= 15 is 0 Å². The molecule has 1 saturated heterocycles. The van der Waals surface area contributed by atoms with E-state index in [1.165, 1.54) is 6.42 Å². The van der Waals surface area contributed by atoms with Crippen LogP contribution in [-0.4, -0.2) is 29.1 Å². The Morgan fingerprint density at radius 3 is 2.88 bits per heavy atom. The number of pyridine rings is 1. The lowest BCUT2D eigenvalue weighted by Crippen LogP contribution is -2.43. The van der Waals surface area contributed by atoms with Crippen molar-refractivity contribution in [2.24, 2.45) is 11.3 Å². The third-order valence-electron chi connectivity index (χ3n) is 6.15. The largest absolute Gasteiger partial charge is 0.296 e. The second-order valence-electron chi connectivity index (χ2n) is 7.69. The predicted octanol–water partition coefficient (Wildman–Crippen LogP) is 4.25. The van der Waals surface area contributed by atoms with Crippen LogP contribution in [0.3, 0.4) is 0 Å². The Morgan fingerprint density at radius 1 is 1.36 bits per heavy atom. The number of likely N-dealkylation sites (tertiary alicyclic amines) is 1. The molecule has 25 heavy (non-hydrogen) atoms. The summed E-state index contributed by atoms with van der Waals surface area (Å²) in [5.74, 6) is -0.577. The highest BCUT2D eigenvalue weighted by atomic mass is 19.1. The SMILES string of the molecule is N#CC1CC12CCN(Cc1ccc(C3=CCCCC3)nc1F)CC2F. The Balaban J connectivity index is 1.42. The van der Waals surface area contributed by atoms with Crippen molar-refractivity contribution < 1.29 is 8.78 Å². The maximum absolute atomic E-state index is 14.5. The molecule has 3 unspecified atom stereocenters. The van der Waals surface area contributed by atoms with Gasteiger partial charge in [0.15, 0.2) is 0 Å². The van der Waals surface area contributed by atoms with E-state index in [9.17, 15) is 8.78 Å². The van der Waals surface area contributed by atoms with Crippen LogP contribution in [-0.2, 0) is 6.54 Å². The molecule has 1 aromatic rings. The van der Waals surface area contributed by atoms with E-state index in [1.54, 1.807) is 6.07 Å². The standard InChI is InChI=1S/C20H23F2N3/c21-18-13-25(9-8-20(18)10-16(20)11-23)12-15-6-7-17(24-19(15)22)14-4-2-1-3-5-14/h4,6-7,16,18H,1-3,5,8-10,12-13H2. The van der Waals surface area contributed by atoms with Crippen molar-refractivity contribution in [3.05, 3.63) is 35.4 Å². The molecule has 3 nitrogen and oxygen atoms in total. The zero-order valence-corrected chi connectivity index (χ0v) is 14.3. The lowest BCUT2D eigenvalue weighted by Gasteiger charge is -2.35. The highest BCUT2D eigenvalue weighted by molar-refractivity contribution is 5.63. The predicted molar refractivity (Wildman–Crippen MR) is 91.6 cm³/mol. The molecule has 5 heteroatoms. The molecule has 1 aliphatic heterocycles. The van der Waals surface area contributed by atoms with Crippen LogP contribution in [0.2, 0.25) is 0 Å². The van der Waals surface area contributed by atoms with Gasteiger partial charge < -0.3 is 0 Å². The summed E-state index contributed by atoms with van der Waals surface area (Å²) in [5.41, 5.74) is 1.98. The molecule has 3 aliphatic rings. The number of nitrogens with zero attached hydrogens (tertiary/aromatic N) is 3. The summed E-state index contributed by atoms with van der Waals surface area (Å²) in [5, 5.41) is 9.02. The normalized spacial score (nSPS) is 32.3. The zero-order valence-electron chi connectivity index (χ0n) is 14.3. The molecule has 4 rings (SSSR count). The number of alkyl halides is 1. The van der Waals surface area contributed by atoms with Gasteiger partial charge in [0.1, 0.15) is 6.17 Å². The van der Waals surface area contributed by atoms with Crippen molar-refractivity contribution in [2.45, 2.75) is 51.2 Å². The highest BCUT2D eigenvalue weighted by Crippen LogP contribution is 2.60. The Bertz CT molecular complexity index is 739. The van der Waals surface area contributed by atoms with Gasteiger partial charge in [0, 0.05) is 24.1 Å². The molecular weight excluding hydrogens is 320 g/mol. The van der Waals surface area contributed by atoms with Gasteiger partial charge in [-0.25, -0.2) is 9.37 Å². The number of aromatic nitrogens is 1. The average Bonchev–Trinajstić information content (AvgIpc) is 3.35. The van der Waals surface area contributed by atoms with Gasteiger partial charge in [-0.05, 0) is 56.7 Å². The van der Waals surface area contributed by atoms with E-state index in [4.69, 9.17) is 5.26 Å². The molecule has 2 aliphatic carbocycles. The minimum absolute atomic E-state index is 0.133. The van der Waals surface area contributed by atoms with Crippen molar-refractivity contribution in [3.8, 4) is 6.07 Å². The lowest BCUT2D eigenvalue weighted by atomic mass is 9.89. The number of halogens is 2. The van der Waals surface area contributed by atoms with Gasteiger partial charge in [-0.2, -0.15) is 9.65 Å². The fraction of sp³-hybridized carbons (Fsp3) is 0.600. The first-order valence-corrected chi connectivity index (χ1v) is 9.23. The van der Waals surface area contributed by atoms with E-state index in [2.05, 4.69) is 17.1 Å². The summed E-state index contributed by atoms with van der Waals surface area (Å²) in [6, 6.07) is 5.89. The van der Waals surface area contributed by atoms with Gasteiger partial charge >= 0.3 is 0 Å². The third kappa shape index (κ3) is 3.08. The zero-order chi connectivity index (χ0) is 17.4. The second-order valence-corrected chi connectivity index (χ2v) is 7.69. The highest BCUT2D eigenvalue weighted by Gasteiger charge is 2.61. The fourth-order valence-corrected chi connectivity index (χ4v) is 4.36. The Morgan fingerprint density at radius 2 is 2.24 bits per heavy atom. The first kappa shape index (κ1) is 16.7. The fourth-order valence-electron chi connectivity index (χ4n) is 4.36. The number of hydrogen-bond donors (Lipinski definition) is 0. The molecule has 0 amide bonds. The molecule has 2 fully saturated rings. The van der Waals surface area contributed by atoms with E-state index in [0.717, 1.165) is 30.5 Å². The average molecular weight is 343 g/mol. The van der Waals surface area contributed by atoms with Crippen LogP contribution in [0.5, 0.6) is 0 Å². The Labute approximate surface area is 147 Å². The summed E-state index contributed by atoms with van der Waals surface area (Å²) < 4.78 is 28.9. The van der Waals surface area contributed by atoms with Crippen molar-refractivity contribution in [1.29, 1.82) is 5.26 Å². The van der Waals surface area contributed by atoms with Crippen molar-refractivity contribution in [1.82, 2.24) is 9.88 Å². The number of hydrogen-bond acceptors (Lipinski definition) is 3. The summed E-state index contributed by atoms with van der Waals surface area (Å²) >= 11 is 0. The molecule has 0 radical (unpaired) electrons. The van der Waals surface area contributed by atoms with Crippen LogP contribution < -0.4 is 0 Å². The van der Waals surface area contributed by atoms with Gasteiger partial charge in [0.2, 0.25) is 5.95 Å². The summed E-state index contributed by atoms with van der Waals surface area (Å²) in [6.07, 6.45) is 6.86. The van der Waals surface area contributed by atoms with Gasteiger partial charge in [-0.1, -0.05) is 12.1 Å². The molecule has 2 heterocycles. The van der Waals surface area contributed by atoms with Gasteiger partial charge in [-0.15, -0.1) is 0 Å². The van der Waals surface area contributed by atoms with Gasteiger partial charge in [0.25, 0.3) is 0 Å². The second kappa shape index (κ2) is 6.49. The molecular formula is C20H23F2N3. The first-order chi connectivity index (χ1) is 12.1. The van der Waals surface area contributed by atoms with Crippen LogP contribution in [0.15, 0.2) is 18.2 Å². The number of nitriles is 1. The molecule has 132 valence electrons. The van der Waals surface area contributed by atoms with E-state index in [-0.39, 0.29) is 12.5 Å². The van der Waals surface area contributed by atoms with Crippen molar-refractivity contribution >= 4 is 5.57 Å². The minimum atomic E-state index is -0.992. The van der Waals surface area contributed by atoms with E-state index in [0.29, 0.717) is 31.5 Å². The maximum atomic E-state index is 14.5. The Kier molecular flexibility index (Phi) is 4.33. The summed E-state index contributed by atoms with van der Waals surface area (Å²) in [6.45, 7) is 1.38. The number of allylic oxidation sites excluding steroid dienone is 2. The summed E-state index contributed by atoms with van der Waals surface area (Å²) in [4.78, 5) is 6.10. The van der Waals surface area contributed by atoms with Crippen LogP contribution in [0.25, 0.3) is 5.57 Å². The number of piperidine rings is 1. The van der Waals surface area contributed by atoms with Crippen LogP contribution in [0, 0.1) is 28.6 Å².